The van der Waals surface area contributed by atoms with E-state index in [4.69, 9.17) is 4.74 Å². The molecule has 0 heterocycles. The van der Waals surface area contributed by atoms with Gasteiger partial charge in [-0.05, 0) is 32.1 Å². The van der Waals surface area contributed by atoms with Gasteiger partial charge < -0.3 is 4.74 Å². The van der Waals surface area contributed by atoms with E-state index in [1.54, 1.807) is 50.3 Å². The molecule has 0 N–H and O–H groups in total. The normalized spacial score (nSPS) is 15.1. The van der Waals surface area contributed by atoms with Gasteiger partial charge in [-0.1, -0.05) is 24.3 Å². The second-order valence-corrected chi connectivity index (χ2v) is 6.57. The summed E-state index contributed by atoms with van der Waals surface area (Å²) < 4.78 is 29.3. The summed E-state index contributed by atoms with van der Waals surface area (Å²) in [7, 11) is -3.39. The lowest BCUT2D eigenvalue weighted by Crippen LogP contribution is -2.17. The van der Waals surface area contributed by atoms with Gasteiger partial charge in [0.05, 0.1) is 10.1 Å². The molecule has 4 nitrogen and oxygen atoms in total. The Morgan fingerprint density at radius 2 is 1.74 bits per heavy atom. The average Bonchev–Trinajstić information content (AvgIpc) is 2.36. The highest BCUT2D eigenvalue weighted by Crippen LogP contribution is 2.16. The maximum Gasteiger partial charge on any atom is 0.303 e. The van der Waals surface area contributed by atoms with E-state index in [0.717, 1.165) is 0 Å². The zero-order valence-corrected chi connectivity index (χ0v) is 12.1. The molecule has 0 aliphatic rings. The van der Waals surface area contributed by atoms with E-state index >= 15 is 0 Å². The third-order valence-corrected chi connectivity index (χ3v) is 4.63. The zero-order valence-electron chi connectivity index (χ0n) is 11.2. The van der Waals surface area contributed by atoms with Crippen LogP contribution in [0.4, 0.5) is 0 Å². The Hall–Kier alpha value is -1.62. The van der Waals surface area contributed by atoms with Crippen molar-refractivity contribution in [2.45, 2.75) is 37.0 Å². The van der Waals surface area contributed by atoms with Gasteiger partial charge in [0.1, 0.15) is 6.10 Å². The first kappa shape index (κ1) is 15.4. The Morgan fingerprint density at radius 1 is 1.16 bits per heavy atom. The van der Waals surface area contributed by atoms with Crippen molar-refractivity contribution in [2.75, 3.05) is 0 Å². The lowest BCUT2D eigenvalue weighted by atomic mass is 10.3. The number of benzene rings is 1. The Labute approximate surface area is 114 Å². The predicted octanol–water partition coefficient (Wildman–Crippen LogP) is 2.36. The van der Waals surface area contributed by atoms with Gasteiger partial charge in [0.2, 0.25) is 0 Å². The topological polar surface area (TPSA) is 60.4 Å². The number of hydrogen-bond donors (Lipinski definition) is 0. The van der Waals surface area contributed by atoms with E-state index in [1.807, 2.05) is 0 Å². The molecule has 0 fully saturated rings. The molecule has 0 saturated heterocycles. The highest BCUT2D eigenvalue weighted by molar-refractivity contribution is 7.92. The van der Waals surface area contributed by atoms with Gasteiger partial charge >= 0.3 is 5.97 Å². The van der Waals surface area contributed by atoms with Gasteiger partial charge in [0.15, 0.2) is 9.84 Å². The van der Waals surface area contributed by atoms with Crippen LogP contribution >= 0.6 is 0 Å². The second-order valence-electron chi connectivity index (χ2n) is 4.26. The van der Waals surface area contributed by atoms with Crippen molar-refractivity contribution >= 4 is 15.8 Å². The molecule has 0 saturated carbocycles. The molecule has 0 radical (unpaired) electrons. The third kappa shape index (κ3) is 4.52. The quantitative estimate of drug-likeness (QED) is 0.614. The van der Waals surface area contributed by atoms with Crippen molar-refractivity contribution in [3.63, 3.8) is 0 Å². The van der Waals surface area contributed by atoms with Crippen LogP contribution in [-0.2, 0) is 19.4 Å². The summed E-state index contributed by atoms with van der Waals surface area (Å²) in [6, 6.07) is 8.27. The smallest absolute Gasteiger partial charge is 0.303 e. The molecule has 104 valence electrons. The molecule has 2 atom stereocenters. The lowest BCUT2D eigenvalue weighted by Gasteiger charge is -2.10. The minimum atomic E-state index is -3.39. The maximum absolute atomic E-state index is 12.2. The molecule has 1 aromatic rings. The van der Waals surface area contributed by atoms with Crippen LogP contribution in [0.15, 0.2) is 47.4 Å². The first-order valence-corrected chi connectivity index (χ1v) is 7.53. The van der Waals surface area contributed by atoms with Crippen LogP contribution in [0.2, 0.25) is 0 Å². The van der Waals surface area contributed by atoms with Crippen molar-refractivity contribution in [1.82, 2.24) is 0 Å². The maximum atomic E-state index is 12.2. The van der Waals surface area contributed by atoms with Crippen LogP contribution in [0.3, 0.4) is 0 Å². The molecular weight excluding hydrogens is 264 g/mol. The van der Waals surface area contributed by atoms with Crippen molar-refractivity contribution in [2.24, 2.45) is 0 Å². The highest BCUT2D eigenvalue weighted by Gasteiger charge is 2.20. The molecule has 0 spiro atoms. The fourth-order valence-electron chi connectivity index (χ4n) is 1.54. The minimum absolute atomic E-state index is 0.285. The monoisotopic (exact) mass is 282 g/mol. The van der Waals surface area contributed by atoms with Gasteiger partial charge in [-0.25, -0.2) is 8.42 Å². The van der Waals surface area contributed by atoms with Crippen molar-refractivity contribution in [1.29, 1.82) is 0 Å². The first-order valence-electron chi connectivity index (χ1n) is 5.98. The van der Waals surface area contributed by atoms with Crippen LogP contribution in [0.5, 0.6) is 0 Å². The zero-order chi connectivity index (χ0) is 14.5. The van der Waals surface area contributed by atoms with Crippen molar-refractivity contribution < 1.29 is 17.9 Å². The molecule has 0 unspecified atom stereocenters. The molecule has 0 aromatic heterocycles. The first-order chi connectivity index (χ1) is 8.84. The largest absolute Gasteiger partial charge is 0.459 e. The SMILES string of the molecule is CC(=O)O[C@@H](C)/C=C/[C@H](C)S(=O)(=O)c1ccccc1. The molecule has 1 rings (SSSR count). The van der Waals surface area contributed by atoms with Gasteiger partial charge in [0.25, 0.3) is 0 Å². The number of carbonyl (C=O) groups excluding carboxylic acids is 1. The standard InChI is InChI=1S/C14H18O4S/c1-11(18-13(3)15)9-10-12(2)19(16,17)14-7-5-4-6-8-14/h4-12H,1-3H3/b10-9+/t11-,12-/m0/s1. The molecule has 0 aliphatic heterocycles. The Balaban J connectivity index is 2.80. The van der Waals surface area contributed by atoms with E-state index in [-0.39, 0.29) is 4.90 Å². The van der Waals surface area contributed by atoms with Crippen LogP contribution < -0.4 is 0 Å². The van der Waals surface area contributed by atoms with Crippen LogP contribution in [0, 0.1) is 0 Å². The third-order valence-electron chi connectivity index (χ3n) is 2.57. The molecule has 19 heavy (non-hydrogen) atoms. The Morgan fingerprint density at radius 3 is 2.26 bits per heavy atom. The van der Waals surface area contributed by atoms with Crippen molar-refractivity contribution in [3.05, 3.63) is 42.5 Å². The van der Waals surface area contributed by atoms with Crippen molar-refractivity contribution in [3.8, 4) is 0 Å². The van der Waals surface area contributed by atoms with Gasteiger partial charge in [-0.15, -0.1) is 0 Å². The summed E-state index contributed by atoms with van der Waals surface area (Å²) in [6.07, 6.45) is 2.67. The molecule has 0 bridgehead atoms. The number of esters is 1. The molecule has 5 heteroatoms. The van der Waals surface area contributed by atoms with Crippen LogP contribution in [-0.4, -0.2) is 25.7 Å². The van der Waals surface area contributed by atoms with Gasteiger partial charge in [-0.2, -0.15) is 0 Å². The van der Waals surface area contributed by atoms with E-state index in [9.17, 15) is 13.2 Å². The molecule has 1 aromatic carbocycles. The highest BCUT2D eigenvalue weighted by atomic mass is 32.2. The van der Waals surface area contributed by atoms with Crippen LogP contribution in [0.1, 0.15) is 20.8 Å². The minimum Gasteiger partial charge on any atom is -0.459 e. The average molecular weight is 282 g/mol. The summed E-state index contributed by atoms with van der Waals surface area (Å²) in [5.74, 6) is -0.393. The number of hydrogen-bond acceptors (Lipinski definition) is 4. The van der Waals surface area contributed by atoms with Gasteiger partial charge in [-0.3, -0.25) is 4.79 Å². The fraction of sp³-hybridized carbons (Fsp3) is 0.357. The number of carbonyl (C=O) groups is 1. The number of sulfone groups is 1. The number of ether oxygens (including phenoxy) is 1. The predicted molar refractivity (Wildman–Crippen MR) is 73.5 cm³/mol. The summed E-state index contributed by atoms with van der Waals surface area (Å²) in [5, 5.41) is -0.673. The Bertz CT molecular complexity index is 546. The van der Waals surface area contributed by atoms with E-state index in [1.165, 1.54) is 13.0 Å². The fourth-order valence-corrected chi connectivity index (χ4v) is 2.81. The lowest BCUT2D eigenvalue weighted by molar-refractivity contribution is -0.143. The Kier molecular flexibility index (Phi) is 5.30. The summed E-state index contributed by atoms with van der Waals surface area (Å²) in [5.41, 5.74) is 0. The summed E-state index contributed by atoms with van der Waals surface area (Å²) in [4.78, 5) is 11.0. The van der Waals surface area contributed by atoms with Crippen LogP contribution in [0.25, 0.3) is 0 Å². The second kappa shape index (κ2) is 6.52. The molecule has 0 aliphatic carbocycles. The van der Waals surface area contributed by atoms with E-state index in [2.05, 4.69) is 0 Å². The molecular formula is C14H18O4S. The van der Waals surface area contributed by atoms with E-state index < -0.39 is 27.2 Å². The van der Waals surface area contributed by atoms with Gasteiger partial charge in [0, 0.05) is 6.92 Å². The summed E-state index contributed by atoms with van der Waals surface area (Å²) >= 11 is 0. The van der Waals surface area contributed by atoms with E-state index in [0.29, 0.717) is 0 Å². The molecule has 0 amide bonds. The summed E-state index contributed by atoms with van der Waals surface area (Å²) in [6.45, 7) is 4.59. The number of rotatable bonds is 5.